The SMILES string of the molecule is CCCC(=O)Nc1ccc(Cl)c(NC(=O)C(F)(F)F)c1. The van der Waals surface area contributed by atoms with Crippen LogP contribution in [0.1, 0.15) is 19.8 Å². The molecule has 0 aliphatic carbocycles. The summed E-state index contributed by atoms with van der Waals surface area (Å²) in [6, 6.07) is 3.88. The number of nitrogens with one attached hydrogen (secondary N) is 2. The third kappa shape index (κ3) is 4.73. The van der Waals surface area contributed by atoms with Gasteiger partial charge in [0.25, 0.3) is 0 Å². The molecule has 0 spiro atoms. The van der Waals surface area contributed by atoms with Gasteiger partial charge in [-0.15, -0.1) is 0 Å². The number of halogens is 4. The maximum Gasteiger partial charge on any atom is 0.471 e. The predicted octanol–water partition coefficient (Wildman–Crippen LogP) is 3.58. The lowest BCUT2D eigenvalue weighted by atomic mass is 10.2. The molecule has 20 heavy (non-hydrogen) atoms. The molecule has 0 aromatic heterocycles. The van der Waals surface area contributed by atoms with E-state index in [0.717, 1.165) is 0 Å². The zero-order valence-corrected chi connectivity index (χ0v) is 11.2. The molecule has 0 unspecified atom stereocenters. The van der Waals surface area contributed by atoms with E-state index in [1.54, 1.807) is 5.32 Å². The van der Waals surface area contributed by atoms with Crippen molar-refractivity contribution in [2.24, 2.45) is 0 Å². The summed E-state index contributed by atoms with van der Waals surface area (Å²) in [7, 11) is 0. The standard InChI is InChI=1S/C12H12ClF3N2O2/c1-2-3-10(19)17-7-4-5-8(13)9(6-7)18-11(20)12(14,15)16/h4-6H,2-3H2,1H3,(H,17,19)(H,18,20). The maximum absolute atomic E-state index is 12.2. The molecule has 1 aromatic rings. The quantitative estimate of drug-likeness (QED) is 0.893. The number of carbonyl (C=O) groups excluding carboxylic acids is 2. The Bertz CT molecular complexity index is 518. The van der Waals surface area contributed by atoms with Crippen molar-refractivity contribution in [3.63, 3.8) is 0 Å². The van der Waals surface area contributed by atoms with Crippen LogP contribution in [0.25, 0.3) is 0 Å². The van der Waals surface area contributed by atoms with Gasteiger partial charge in [0.05, 0.1) is 10.7 Å². The van der Waals surface area contributed by atoms with E-state index in [0.29, 0.717) is 6.42 Å². The van der Waals surface area contributed by atoms with Crippen molar-refractivity contribution in [3.05, 3.63) is 23.2 Å². The summed E-state index contributed by atoms with van der Waals surface area (Å²) in [6.45, 7) is 1.82. The van der Waals surface area contributed by atoms with E-state index in [1.807, 2.05) is 6.92 Å². The topological polar surface area (TPSA) is 58.2 Å². The number of hydrogen-bond acceptors (Lipinski definition) is 2. The van der Waals surface area contributed by atoms with Crippen molar-refractivity contribution in [1.29, 1.82) is 0 Å². The fraction of sp³-hybridized carbons (Fsp3) is 0.333. The van der Waals surface area contributed by atoms with E-state index in [2.05, 4.69) is 5.32 Å². The molecule has 110 valence electrons. The van der Waals surface area contributed by atoms with E-state index in [4.69, 9.17) is 11.6 Å². The molecule has 0 aliphatic rings. The van der Waals surface area contributed by atoms with E-state index in [9.17, 15) is 22.8 Å². The second kappa shape index (κ2) is 6.60. The Morgan fingerprint density at radius 2 is 1.90 bits per heavy atom. The summed E-state index contributed by atoms with van der Waals surface area (Å²) in [6.07, 6.45) is -4.09. The smallest absolute Gasteiger partial charge is 0.326 e. The molecular weight excluding hydrogens is 297 g/mol. The minimum absolute atomic E-state index is 0.0592. The van der Waals surface area contributed by atoms with Gasteiger partial charge >= 0.3 is 12.1 Å². The number of alkyl halides is 3. The Morgan fingerprint density at radius 3 is 2.45 bits per heavy atom. The summed E-state index contributed by atoms with van der Waals surface area (Å²) in [5.74, 6) is -2.40. The molecule has 1 aromatic carbocycles. The van der Waals surface area contributed by atoms with Gasteiger partial charge in [-0.2, -0.15) is 13.2 Å². The molecule has 4 nitrogen and oxygen atoms in total. The molecule has 0 aliphatic heterocycles. The average molecular weight is 309 g/mol. The highest BCUT2D eigenvalue weighted by atomic mass is 35.5. The Morgan fingerprint density at radius 1 is 1.25 bits per heavy atom. The van der Waals surface area contributed by atoms with Crippen LogP contribution in [0.2, 0.25) is 5.02 Å². The van der Waals surface area contributed by atoms with E-state index < -0.39 is 12.1 Å². The fourth-order valence-corrected chi connectivity index (χ4v) is 1.51. The predicted molar refractivity (Wildman–Crippen MR) is 69.7 cm³/mol. The highest BCUT2D eigenvalue weighted by Crippen LogP contribution is 2.27. The lowest BCUT2D eigenvalue weighted by Gasteiger charge is -2.11. The maximum atomic E-state index is 12.2. The summed E-state index contributed by atoms with van der Waals surface area (Å²) in [4.78, 5) is 22.2. The van der Waals surface area contributed by atoms with Gasteiger partial charge in [0.15, 0.2) is 0 Å². The highest BCUT2D eigenvalue weighted by molar-refractivity contribution is 6.34. The summed E-state index contributed by atoms with van der Waals surface area (Å²) >= 11 is 5.69. The Balaban J connectivity index is 2.87. The van der Waals surface area contributed by atoms with Gasteiger partial charge in [-0.05, 0) is 24.6 Å². The van der Waals surface area contributed by atoms with E-state index in [-0.39, 0.29) is 28.7 Å². The molecule has 0 fully saturated rings. The van der Waals surface area contributed by atoms with Crippen LogP contribution in [-0.2, 0) is 9.59 Å². The highest BCUT2D eigenvalue weighted by Gasteiger charge is 2.38. The second-order valence-electron chi connectivity index (χ2n) is 3.94. The Hall–Kier alpha value is -1.76. The Labute approximate surface area is 118 Å². The first-order chi connectivity index (χ1) is 9.24. The summed E-state index contributed by atoms with van der Waals surface area (Å²) in [5, 5.41) is 4.08. The van der Waals surface area contributed by atoms with E-state index in [1.165, 1.54) is 18.2 Å². The Kier molecular flexibility index (Phi) is 5.38. The molecule has 8 heteroatoms. The number of anilines is 2. The number of carbonyl (C=O) groups is 2. The van der Waals surface area contributed by atoms with Gasteiger partial charge in [0.1, 0.15) is 0 Å². The minimum Gasteiger partial charge on any atom is -0.326 e. The molecule has 2 N–H and O–H groups in total. The van der Waals surface area contributed by atoms with Crippen LogP contribution >= 0.6 is 11.6 Å². The first-order valence-electron chi connectivity index (χ1n) is 5.71. The van der Waals surface area contributed by atoms with Crippen molar-refractivity contribution in [3.8, 4) is 0 Å². The number of amides is 2. The molecule has 0 saturated heterocycles. The molecule has 0 atom stereocenters. The van der Waals surface area contributed by atoms with E-state index >= 15 is 0 Å². The molecule has 0 radical (unpaired) electrons. The number of rotatable bonds is 4. The molecule has 0 bridgehead atoms. The molecular formula is C12H12ClF3N2O2. The van der Waals surface area contributed by atoms with Crippen LogP contribution in [0.3, 0.4) is 0 Å². The zero-order chi connectivity index (χ0) is 15.3. The van der Waals surface area contributed by atoms with Gasteiger partial charge in [-0.1, -0.05) is 18.5 Å². The normalized spacial score (nSPS) is 11.1. The summed E-state index contributed by atoms with van der Waals surface area (Å²) in [5.41, 5.74) is 0.0358. The van der Waals surface area contributed by atoms with Crippen LogP contribution in [0.5, 0.6) is 0 Å². The number of benzene rings is 1. The summed E-state index contributed by atoms with van der Waals surface area (Å²) < 4.78 is 36.5. The third-order valence-corrected chi connectivity index (χ3v) is 2.56. The van der Waals surface area contributed by atoms with Crippen molar-refractivity contribution in [2.75, 3.05) is 10.6 Å². The van der Waals surface area contributed by atoms with Crippen LogP contribution in [0, 0.1) is 0 Å². The van der Waals surface area contributed by atoms with Crippen molar-refractivity contribution >= 4 is 34.8 Å². The second-order valence-corrected chi connectivity index (χ2v) is 4.35. The third-order valence-electron chi connectivity index (χ3n) is 2.23. The molecule has 0 saturated carbocycles. The van der Waals surface area contributed by atoms with Crippen molar-refractivity contribution in [2.45, 2.75) is 25.9 Å². The van der Waals surface area contributed by atoms with Crippen LogP contribution in [-0.4, -0.2) is 18.0 Å². The number of hydrogen-bond donors (Lipinski definition) is 2. The van der Waals surface area contributed by atoms with Gasteiger partial charge < -0.3 is 10.6 Å². The van der Waals surface area contributed by atoms with Gasteiger partial charge in [0.2, 0.25) is 5.91 Å². The lowest BCUT2D eigenvalue weighted by Crippen LogP contribution is -2.30. The first-order valence-corrected chi connectivity index (χ1v) is 6.09. The van der Waals surface area contributed by atoms with Gasteiger partial charge in [-0.3, -0.25) is 9.59 Å². The molecule has 1 rings (SSSR count). The lowest BCUT2D eigenvalue weighted by molar-refractivity contribution is -0.167. The zero-order valence-electron chi connectivity index (χ0n) is 10.5. The van der Waals surface area contributed by atoms with Crippen molar-refractivity contribution in [1.82, 2.24) is 0 Å². The van der Waals surface area contributed by atoms with Crippen molar-refractivity contribution < 1.29 is 22.8 Å². The molecule has 2 amide bonds. The minimum atomic E-state index is -5.01. The fourth-order valence-electron chi connectivity index (χ4n) is 1.34. The average Bonchev–Trinajstić information content (AvgIpc) is 2.32. The largest absolute Gasteiger partial charge is 0.471 e. The van der Waals surface area contributed by atoms with Crippen LogP contribution in [0.4, 0.5) is 24.5 Å². The van der Waals surface area contributed by atoms with Crippen LogP contribution < -0.4 is 10.6 Å². The monoisotopic (exact) mass is 308 g/mol. The van der Waals surface area contributed by atoms with Crippen LogP contribution in [0.15, 0.2) is 18.2 Å². The van der Waals surface area contributed by atoms with Gasteiger partial charge in [0, 0.05) is 12.1 Å². The molecule has 0 heterocycles. The van der Waals surface area contributed by atoms with Gasteiger partial charge in [-0.25, -0.2) is 0 Å². The first kappa shape index (κ1) is 16.3.